The van der Waals surface area contributed by atoms with Gasteiger partial charge in [-0.25, -0.2) is 0 Å². The zero-order chi connectivity index (χ0) is 21.8. The number of hydrogen-bond acceptors (Lipinski definition) is 4. The molecule has 0 spiro atoms. The molecule has 4 N–H and O–H groups in total. The van der Waals surface area contributed by atoms with Crippen LogP contribution in [0.25, 0.3) is 6.08 Å². The van der Waals surface area contributed by atoms with Gasteiger partial charge in [-0.1, -0.05) is 30.3 Å². The Bertz CT molecular complexity index is 1070. The first-order chi connectivity index (χ1) is 14.8. The predicted octanol–water partition coefficient (Wildman–Crippen LogP) is 2.74. The summed E-state index contributed by atoms with van der Waals surface area (Å²) < 4.78 is 6.52. The van der Waals surface area contributed by atoms with Gasteiger partial charge in [0.1, 0.15) is 5.60 Å². The fraction of sp³-hybridized carbons (Fsp3) is 0.400. The van der Waals surface area contributed by atoms with E-state index in [4.69, 9.17) is 10.5 Å². The first kappa shape index (κ1) is 20.3. The molecule has 5 rings (SSSR count). The number of ether oxygens (including phenoxy) is 1. The number of fused-ring (bicyclic) bond motifs is 5. The van der Waals surface area contributed by atoms with E-state index in [0.29, 0.717) is 28.8 Å². The van der Waals surface area contributed by atoms with Gasteiger partial charge < -0.3 is 20.5 Å². The number of carbonyl (C=O) groups is 1. The Hall–Kier alpha value is -2.57. The summed E-state index contributed by atoms with van der Waals surface area (Å²) in [5.74, 6) is 2.06. The number of amides is 1. The monoisotopic (exact) mass is 417 g/mol. The second-order valence-corrected chi connectivity index (χ2v) is 9.51. The SMILES string of the molecule is C[C@]12CCC3c4ccc(B(O)O)cc4CCC3C1C/C(=C\c1cccc(C(N)=O)c1)O2. The molecule has 0 radical (unpaired) electrons. The lowest BCUT2D eigenvalue weighted by Gasteiger charge is -2.47. The minimum atomic E-state index is -1.42. The van der Waals surface area contributed by atoms with Crippen LogP contribution in [0.5, 0.6) is 0 Å². The van der Waals surface area contributed by atoms with Gasteiger partial charge in [-0.2, -0.15) is 0 Å². The third-order valence-electron chi connectivity index (χ3n) is 7.67. The van der Waals surface area contributed by atoms with Crippen molar-refractivity contribution in [2.75, 3.05) is 0 Å². The lowest BCUT2D eigenvalue weighted by atomic mass is 9.58. The van der Waals surface area contributed by atoms with Gasteiger partial charge in [-0.15, -0.1) is 0 Å². The maximum absolute atomic E-state index is 11.5. The molecule has 31 heavy (non-hydrogen) atoms. The molecular formula is C25H28BNO4. The summed E-state index contributed by atoms with van der Waals surface area (Å²) >= 11 is 0. The Morgan fingerprint density at radius 3 is 2.84 bits per heavy atom. The molecule has 3 aliphatic rings. The topological polar surface area (TPSA) is 92.8 Å². The van der Waals surface area contributed by atoms with Gasteiger partial charge in [0.2, 0.25) is 5.91 Å². The molecule has 2 aliphatic carbocycles. The van der Waals surface area contributed by atoms with Crippen molar-refractivity contribution < 1.29 is 19.6 Å². The number of hydrogen-bond donors (Lipinski definition) is 3. The lowest BCUT2D eigenvalue weighted by Crippen LogP contribution is -2.45. The van der Waals surface area contributed by atoms with Crippen LogP contribution in [0.1, 0.15) is 65.6 Å². The third-order valence-corrected chi connectivity index (χ3v) is 7.67. The normalized spacial score (nSPS) is 30.2. The van der Waals surface area contributed by atoms with E-state index < -0.39 is 13.0 Å². The van der Waals surface area contributed by atoms with Crippen molar-refractivity contribution in [2.45, 2.75) is 50.5 Å². The highest BCUT2D eigenvalue weighted by molar-refractivity contribution is 6.58. The molecule has 1 heterocycles. The average Bonchev–Trinajstić information content (AvgIpc) is 3.09. The van der Waals surface area contributed by atoms with E-state index in [9.17, 15) is 14.8 Å². The van der Waals surface area contributed by atoms with E-state index in [1.165, 1.54) is 11.1 Å². The molecular weight excluding hydrogens is 389 g/mol. The van der Waals surface area contributed by atoms with E-state index in [1.807, 2.05) is 30.3 Å². The first-order valence-corrected chi connectivity index (χ1v) is 11.1. The van der Waals surface area contributed by atoms with Crippen molar-refractivity contribution in [2.24, 2.45) is 17.6 Å². The molecule has 6 heteroatoms. The first-order valence-electron chi connectivity index (χ1n) is 11.1. The number of nitrogens with two attached hydrogens (primary N) is 1. The van der Waals surface area contributed by atoms with Crippen LogP contribution >= 0.6 is 0 Å². The molecule has 2 aromatic carbocycles. The van der Waals surface area contributed by atoms with E-state index in [2.05, 4.69) is 19.1 Å². The Morgan fingerprint density at radius 2 is 2.06 bits per heavy atom. The standard InChI is InChI=1S/C25H28BNO4/c1-25-10-9-21-20-8-6-18(26(29)30)13-16(20)5-7-22(21)23(25)14-19(31-25)12-15-3-2-4-17(11-15)24(27)28/h2-4,6,8,11-13,21-23,29-30H,5,7,9-10,14H2,1H3,(H2,27,28)/b19-12+/t21?,22?,23?,25-/m0/s1. The van der Waals surface area contributed by atoms with Crippen molar-refractivity contribution in [1.82, 2.24) is 0 Å². The highest BCUT2D eigenvalue weighted by atomic mass is 16.5. The minimum Gasteiger partial charge on any atom is -0.492 e. The van der Waals surface area contributed by atoms with Crippen LogP contribution < -0.4 is 11.2 Å². The van der Waals surface area contributed by atoms with E-state index in [-0.39, 0.29) is 5.60 Å². The molecule has 3 unspecified atom stereocenters. The van der Waals surface area contributed by atoms with Crippen LogP contribution in [0, 0.1) is 11.8 Å². The molecule has 5 nitrogen and oxygen atoms in total. The van der Waals surface area contributed by atoms with Gasteiger partial charge in [0, 0.05) is 17.9 Å². The summed E-state index contributed by atoms with van der Waals surface area (Å²) in [7, 11) is -1.42. The summed E-state index contributed by atoms with van der Waals surface area (Å²) in [5, 5.41) is 19.0. The minimum absolute atomic E-state index is 0.160. The van der Waals surface area contributed by atoms with Crippen molar-refractivity contribution in [3.8, 4) is 0 Å². The molecule has 1 saturated carbocycles. The van der Waals surface area contributed by atoms with Gasteiger partial charge in [0.25, 0.3) is 0 Å². The van der Waals surface area contributed by atoms with Crippen molar-refractivity contribution in [3.05, 3.63) is 70.5 Å². The third kappa shape index (κ3) is 3.58. The van der Waals surface area contributed by atoms with Crippen LogP contribution in [0.4, 0.5) is 0 Å². The molecule has 160 valence electrons. The number of rotatable bonds is 3. The predicted molar refractivity (Wildman–Crippen MR) is 121 cm³/mol. The van der Waals surface area contributed by atoms with Crippen LogP contribution in [0.3, 0.4) is 0 Å². The Kier molecular flexibility index (Phi) is 4.95. The quantitative estimate of drug-likeness (QED) is 0.670. The molecule has 1 amide bonds. The summed E-state index contributed by atoms with van der Waals surface area (Å²) in [6, 6.07) is 13.3. The van der Waals surface area contributed by atoms with Crippen molar-refractivity contribution in [1.29, 1.82) is 0 Å². The Balaban J connectivity index is 1.41. The van der Waals surface area contributed by atoms with Crippen LogP contribution in [-0.2, 0) is 11.2 Å². The van der Waals surface area contributed by atoms with Crippen molar-refractivity contribution >= 4 is 24.6 Å². The molecule has 1 aliphatic heterocycles. The molecule has 1 saturated heterocycles. The number of primary amides is 1. The number of carbonyl (C=O) groups excluding carboxylic acids is 1. The smallest absolute Gasteiger partial charge is 0.488 e. The summed E-state index contributed by atoms with van der Waals surface area (Å²) in [6.07, 6.45) is 7.09. The maximum Gasteiger partial charge on any atom is 0.488 e. The Labute approximate surface area is 183 Å². The molecule has 4 atom stereocenters. The zero-order valence-corrected chi connectivity index (χ0v) is 17.8. The van der Waals surface area contributed by atoms with Gasteiger partial charge in [-0.05, 0) is 84.8 Å². The zero-order valence-electron chi connectivity index (χ0n) is 17.8. The number of benzene rings is 2. The van der Waals surface area contributed by atoms with E-state index in [1.54, 1.807) is 6.07 Å². The second-order valence-electron chi connectivity index (χ2n) is 9.51. The Morgan fingerprint density at radius 1 is 1.23 bits per heavy atom. The summed E-state index contributed by atoms with van der Waals surface area (Å²) in [5.41, 5.74) is 9.91. The molecule has 0 aromatic heterocycles. The van der Waals surface area contributed by atoms with Gasteiger partial charge >= 0.3 is 7.12 Å². The van der Waals surface area contributed by atoms with Crippen molar-refractivity contribution in [3.63, 3.8) is 0 Å². The summed E-state index contributed by atoms with van der Waals surface area (Å²) in [4.78, 5) is 11.5. The van der Waals surface area contributed by atoms with Crippen LogP contribution in [0.2, 0.25) is 0 Å². The van der Waals surface area contributed by atoms with Crippen LogP contribution in [0.15, 0.2) is 48.2 Å². The molecule has 2 fully saturated rings. The highest BCUT2D eigenvalue weighted by Crippen LogP contribution is 2.57. The maximum atomic E-state index is 11.5. The second kappa shape index (κ2) is 7.54. The van der Waals surface area contributed by atoms with Crippen LogP contribution in [-0.4, -0.2) is 28.7 Å². The molecule has 2 aromatic rings. The fourth-order valence-electron chi connectivity index (χ4n) is 6.16. The lowest BCUT2D eigenvalue weighted by molar-refractivity contribution is -0.0385. The van der Waals surface area contributed by atoms with Gasteiger partial charge in [-0.3, -0.25) is 4.79 Å². The van der Waals surface area contributed by atoms with Gasteiger partial charge in [0.15, 0.2) is 0 Å². The average molecular weight is 417 g/mol. The fourth-order valence-corrected chi connectivity index (χ4v) is 6.16. The molecule has 0 bridgehead atoms. The highest BCUT2D eigenvalue weighted by Gasteiger charge is 2.53. The van der Waals surface area contributed by atoms with Gasteiger partial charge in [0.05, 0.1) is 5.76 Å². The number of aryl methyl sites for hydroxylation is 1. The number of allylic oxidation sites excluding steroid dienone is 1. The summed E-state index contributed by atoms with van der Waals surface area (Å²) in [6.45, 7) is 2.25. The van der Waals surface area contributed by atoms with E-state index >= 15 is 0 Å². The largest absolute Gasteiger partial charge is 0.492 e. The van der Waals surface area contributed by atoms with E-state index in [0.717, 1.165) is 43.4 Å².